The first-order valence-corrected chi connectivity index (χ1v) is 8.58. The van der Waals surface area contributed by atoms with Crippen LogP contribution in [0.1, 0.15) is 12.6 Å². The predicted molar refractivity (Wildman–Crippen MR) is 88.0 cm³/mol. The molecule has 1 saturated heterocycles. The second-order valence-electron chi connectivity index (χ2n) is 5.73. The topological polar surface area (TPSA) is 41.7 Å². The van der Waals surface area contributed by atoms with E-state index in [1.54, 1.807) is 24.7 Å². The van der Waals surface area contributed by atoms with Crippen LogP contribution in [0, 0.1) is 0 Å². The van der Waals surface area contributed by atoms with Crippen molar-refractivity contribution in [3.8, 4) is 10.8 Å². The molecule has 1 aliphatic rings. The summed E-state index contributed by atoms with van der Waals surface area (Å²) in [5.41, 5.74) is 1.01. The number of ether oxygens (including phenoxy) is 1. The Morgan fingerprint density at radius 3 is 3.09 bits per heavy atom. The summed E-state index contributed by atoms with van der Waals surface area (Å²) in [5.74, 6) is 0.733. The highest BCUT2D eigenvalue weighted by atomic mass is 32.1. The minimum absolute atomic E-state index is 0.549. The lowest BCUT2D eigenvalue weighted by Crippen LogP contribution is -2.52. The van der Waals surface area contributed by atoms with Crippen LogP contribution in [0.4, 0.5) is 0 Å². The SMILES string of the molecule is COCCN1CCN(Cc2coc(-c3cccs3)n2)C[C@@H]1C. The van der Waals surface area contributed by atoms with Crippen LogP contribution < -0.4 is 0 Å². The van der Waals surface area contributed by atoms with E-state index in [9.17, 15) is 0 Å². The molecule has 1 fully saturated rings. The van der Waals surface area contributed by atoms with Gasteiger partial charge in [-0.05, 0) is 18.4 Å². The fraction of sp³-hybridized carbons (Fsp3) is 0.562. The minimum Gasteiger partial charge on any atom is -0.444 e. The van der Waals surface area contributed by atoms with Crippen LogP contribution in [0.3, 0.4) is 0 Å². The molecule has 2 aromatic heterocycles. The zero-order valence-electron chi connectivity index (χ0n) is 13.2. The highest BCUT2D eigenvalue weighted by molar-refractivity contribution is 7.13. The Morgan fingerprint density at radius 1 is 1.45 bits per heavy atom. The molecule has 0 spiro atoms. The van der Waals surface area contributed by atoms with Gasteiger partial charge in [-0.3, -0.25) is 9.80 Å². The van der Waals surface area contributed by atoms with Crippen LogP contribution in [0.5, 0.6) is 0 Å². The van der Waals surface area contributed by atoms with Crippen molar-refractivity contribution in [3.63, 3.8) is 0 Å². The average Bonchev–Trinajstić information content (AvgIpc) is 3.17. The van der Waals surface area contributed by atoms with Crippen molar-refractivity contribution in [2.24, 2.45) is 0 Å². The normalized spacial score (nSPS) is 20.5. The standard InChI is InChI=1S/C16H23N3O2S/c1-13-10-18(5-6-19(13)7-8-20-2)11-14-12-21-16(17-14)15-4-3-9-22-15/h3-4,9,12-13H,5-8,10-11H2,1-2H3/t13-/m0/s1. The lowest BCUT2D eigenvalue weighted by molar-refractivity contribution is 0.0552. The zero-order chi connectivity index (χ0) is 15.4. The van der Waals surface area contributed by atoms with Crippen molar-refractivity contribution in [1.29, 1.82) is 0 Å². The van der Waals surface area contributed by atoms with Crippen LogP contribution in [0.2, 0.25) is 0 Å². The van der Waals surface area contributed by atoms with Gasteiger partial charge < -0.3 is 9.15 Å². The van der Waals surface area contributed by atoms with E-state index < -0.39 is 0 Å². The number of hydrogen-bond donors (Lipinski definition) is 0. The molecule has 0 amide bonds. The number of methoxy groups -OCH3 is 1. The molecular formula is C16H23N3O2S. The number of hydrogen-bond acceptors (Lipinski definition) is 6. The third kappa shape index (κ3) is 3.76. The van der Waals surface area contributed by atoms with Gasteiger partial charge in [0.05, 0.1) is 17.2 Å². The third-order valence-corrected chi connectivity index (χ3v) is 4.96. The lowest BCUT2D eigenvalue weighted by Gasteiger charge is -2.39. The smallest absolute Gasteiger partial charge is 0.236 e. The van der Waals surface area contributed by atoms with Crippen LogP contribution in [-0.4, -0.2) is 60.7 Å². The first kappa shape index (κ1) is 15.7. The first-order chi connectivity index (χ1) is 10.8. The molecule has 0 aromatic carbocycles. The monoisotopic (exact) mass is 321 g/mol. The molecule has 5 nitrogen and oxygen atoms in total. The molecule has 1 aliphatic heterocycles. The molecule has 1 atom stereocenters. The van der Waals surface area contributed by atoms with Gasteiger partial charge in [0.2, 0.25) is 5.89 Å². The summed E-state index contributed by atoms with van der Waals surface area (Å²) in [5, 5.41) is 2.04. The van der Waals surface area contributed by atoms with E-state index in [1.807, 2.05) is 17.5 Å². The van der Waals surface area contributed by atoms with Gasteiger partial charge >= 0.3 is 0 Å². The van der Waals surface area contributed by atoms with Gasteiger partial charge in [0, 0.05) is 45.9 Å². The van der Waals surface area contributed by atoms with E-state index in [1.165, 1.54) is 0 Å². The Labute approximate surface area is 135 Å². The van der Waals surface area contributed by atoms with Gasteiger partial charge in [-0.2, -0.15) is 0 Å². The first-order valence-electron chi connectivity index (χ1n) is 7.70. The van der Waals surface area contributed by atoms with Crippen molar-refractivity contribution in [3.05, 3.63) is 29.5 Å². The Morgan fingerprint density at radius 2 is 2.36 bits per heavy atom. The van der Waals surface area contributed by atoms with Gasteiger partial charge in [-0.1, -0.05) is 6.07 Å². The van der Waals surface area contributed by atoms with Gasteiger partial charge in [-0.25, -0.2) is 4.98 Å². The second kappa shape index (κ2) is 7.37. The molecule has 3 heterocycles. The van der Waals surface area contributed by atoms with Gasteiger partial charge in [0.1, 0.15) is 6.26 Å². The van der Waals surface area contributed by atoms with E-state index in [0.29, 0.717) is 6.04 Å². The fourth-order valence-corrected chi connectivity index (χ4v) is 3.53. The van der Waals surface area contributed by atoms with E-state index in [4.69, 9.17) is 9.15 Å². The summed E-state index contributed by atoms with van der Waals surface area (Å²) >= 11 is 1.66. The molecule has 0 unspecified atom stereocenters. The fourth-order valence-electron chi connectivity index (χ4n) is 2.88. The summed E-state index contributed by atoms with van der Waals surface area (Å²) in [6.45, 7) is 8.16. The van der Waals surface area contributed by atoms with Crippen molar-refractivity contribution in [2.75, 3.05) is 39.9 Å². The molecule has 3 rings (SSSR count). The molecule has 0 saturated carbocycles. The number of rotatable bonds is 6. The molecule has 0 radical (unpaired) electrons. The predicted octanol–water partition coefficient (Wildman–Crippen LogP) is 2.56. The van der Waals surface area contributed by atoms with Crippen LogP contribution in [0.15, 0.2) is 28.2 Å². The summed E-state index contributed by atoms with van der Waals surface area (Å²) < 4.78 is 10.8. The Bertz CT molecular complexity index is 570. The molecule has 2 aromatic rings. The zero-order valence-corrected chi connectivity index (χ0v) is 14.0. The maximum absolute atomic E-state index is 5.60. The Balaban J connectivity index is 1.54. The molecular weight excluding hydrogens is 298 g/mol. The maximum atomic E-state index is 5.60. The molecule has 0 aliphatic carbocycles. The van der Waals surface area contributed by atoms with Crippen molar-refractivity contribution < 1.29 is 9.15 Å². The summed E-state index contributed by atoms with van der Waals surface area (Å²) in [4.78, 5) is 10.6. The number of nitrogens with zero attached hydrogens (tertiary/aromatic N) is 3. The average molecular weight is 321 g/mol. The van der Waals surface area contributed by atoms with Crippen molar-refractivity contribution >= 4 is 11.3 Å². The summed E-state index contributed by atoms with van der Waals surface area (Å²) in [7, 11) is 1.76. The molecule has 0 bridgehead atoms. The van der Waals surface area contributed by atoms with Gasteiger partial charge in [0.15, 0.2) is 0 Å². The molecule has 0 N–H and O–H groups in total. The number of oxazole rings is 1. The molecule has 6 heteroatoms. The number of piperazine rings is 1. The third-order valence-electron chi connectivity index (χ3n) is 4.10. The minimum atomic E-state index is 0.549. The summed E-state index contributed by atoms with van der Waals surface area (Å²) in [6.07, 6.45) is 1.79. The van der Waals surface area contributed by atoms with Crippen molar-refractivity contribution in [1.82, 2.24) is 14.8 Å². The Kier molecular flexibility index (Phi) is 5.25. The highest BCUT2D eigenvalue weighted by Gasteiger charge is 2.24. The van der Waals surface area contributed by atoms with Crippen molar-refractivity contribution in [2.45, 2.75) is 19.5 Å². The molecule has 120 valence electrons. The number of thiophene rings is 1. The summed E-state index contributed by atoms with van der Waals surface area (Å²) in [6, 6.07) is 4.61. The van der Waals surface area contributed by atoms with Gasteiger partial charge in [0.25, 0.3) is 0 Å². The van der Waals surface area contributed by atoms with E-state index in [-0.39, 0.29) is 0 Å². The van der Waals surface area contributed by atoms with E-state index in [2.05, 4.69) is 21.7 Å². The molecule has 22 heavy (non-hydrogen) atoms. The van der Waals surface area contributed by atoms with E-state index >= 15 is 0 Å². The van der Waals surface area contributed by atoms with Crippen LogP contribution in [-0.2, 0) is 11.3 Å². The Hall–Kier alpha value is -1.21. The lowest BCUT2D eigenvalue weighted by atomic mass is 10.2. The maximum Gasteiger partial charge on any atom is 0.236 e. The number of aromatic nitrogens is 1. The van der Waals surface area contributed by atoms with Crippen LogP contribution >= 0.6 is 11.3 Å². The largest absolute Gasteiger partial charge is 0.444 e. The highest BCUT2D eigenvalue weighted by Crippen LogP contribution is 2.24. The second-order valence-corrected chi connectivity index (χ2v) is 6.68. The quantitative estimate of drug-likeness (QED) is 0.818. The van der Waals surface area contributed by atoms with Gasteiger partial charge in [-0.15, -0.1) is 11.3 Å². The van der Waals surface area contributed by atoms with Crippen LogP contribution in [0.25, 0.3) is 10.8 Å². The van der Waals surface area contributed by atoms with E-state index in [0.717, 1.165) is 55.8 Å².